The van der Waals surface area contributed by atoms with E-state index in [1.54, 1.807) is 44.4 Å². The average Bonchev–Trinajstić information content (AvgIpc) is 3.23. The van der Waals surface area contributed by atoms with E-state index < -0.39 is 11.6 Å². The van der Waals surface area contributed by atoms with Crippen LogP contribution in [0.2, 0.25) is 0 Å². The summed E-state index contributed by atoms with van der Waals surface area (Å²) in [5, 5.41) is 9.41. The second-order valence-corrected chi connectivity index (χ2v) is 10.4. The number of ether oxygens (including phenoxy) is 1. The van der Waals surface area contributed by atoms with Crippen LogP contribution in [0.25, 0.3) is 0 Å². The highest BCUT2D eigenvalue weighted by Gasteiger charge is 2.34. The first-order chi connectivity index (χ1) is 17.9. The van der Waals surface area contributed by atoms with Crippen LogP contribution in [0.3, 0.4) is 0 Å². The maximum atomic E-state index is 13.8. The monoisotopic (exact) mass is 520 g/mol. The lowest BCUT2D eigenvalue weighted by atomic mass is 9.99. The molecule has 0 unspecified atom stereocenters. The number of methoxy groups -OCH3 is 1. The largest absolute Gasteiger partial charge is 0.497 e. The summed E-state index contributed by atoms with van der Waals surface area (Å²) in [6.07, 6.45) is -0.215. The molecule has 0 spiro atoms. The quantitative estimate of drug-likeness (QED) is 0.410. The number of rotatable bonds is 9. The van der Waals surface area contributed by atoms with E-state index in [1.165, 1.54) is 4.90 Å². The molecule has 0 aliphatic heterocycles. The van der Waals surface area contributed by atoms with Crippen LogP contribution >= 0.6 is 0 Å². The van der Waals surface area contributed by atoms with Crippen molar-refractivity contribution in [2.75, 3.05) is 17.3 Å². The maximum Gasteiger partial charge on any atom is 0.248 e. The van der Waals surface area contributed by atoms with E-state index >= 15 is 0 Å². The van der Waals surface area contributed by atoms with Crippen molar-refractivity contribution >= 4 is 29.2 Å². The van der Waals surface area contributed by atoms with Crippen LogP contribution < -0.4 is 20.3 Å². The SMILES string of the molecule is COc1ccc([C@@H](C(=O)NC(C)(C)C)N(C(=O)CCC(=O)Nc2cc(C)on2)c2cc(C)cc(C)c2)cc1. The Morgan fingerprint density at radius 3 is 2.13 bits per heavy atom. The van der Waals surface area contributed by atoms with Crippen LogP contribution in [0.15, 0.2) is 53.1 Å². The van der Waals surface area contributed by atoms with Crippen LogP contribution in [0.4, 0.5) is 11.5 Å². The van der Waals surface area contributed by atoms with Gasteiger partial charge in [0.15, 0.2) is 5.82 Å². The van der Waals surface area contributed by atoms with E-state index in [0.29, 0.717) is 22.8 Å². The van der Waals surface area contributed by atoms with Crippen molar-refractivity contribution in [3.63, 3.8) is 0 Å². The number of nitrogens with one attached hydrogen (secondary N) is 2. The molecule has 1 atom stereocenters. The van der Waals surface area contributed by atoms with Gasteiger partial charge in [0.1, 0.15) is 17.6 Å². The predicted molar refractivity (Wildman–Crippen MR) is 146 cm³/mol. The molecular weight excluding hydrogens is 484 g/mol. The Morgan fingerprint density at radius 2 is 1.61 bits per heavy atom. The number of hydrogen-bond donors (Lipinski definition) is 2. The highest BCUT2D eigenvalue weighted by molar-refractivity contribution is 6.03. The number of carbonyl (C=O) groups excluding carboxylic acids is 3. The van der Waals surface area contributed by atoms with Gasteiger partial charge in [-0.2, -0.15) is 0 Å². The zero-order valence-electron chi connectivity index (χ0n) is 23.0. The molecule has 9 heteroatoms. The molecule has 0 bridgehead atoms. The highest BCUT2D eigenvalue weighted by atomic mass is 16.5. The third-order valence-electron chi connectivity index (χ3n) is 5.65. The molecule has 0 aliphatic carbocycles. The van der Waals surface area contributed by atoms with Gasteiger partial charge < -0.3 is 19.9 Å². The van der Waals surface area contributed by atoms with Gasteiger partial charge in [-0.3, -0.25) is 19.3 Å². The third kappa shape index (κ3) is 7.68. The molecule has 1 heterocycles. The van der Waals surface area contributed by atoms with Crippen molar-refractivity contribution in [1.29, 1.82) is 0 Å². The summed E-state index contributed by atoms with van der Waals surface area (Å²) in [6.45, 7) is 11.2. The van der Waals surface area contributed by atoms with Crippen molar-refractivity contribution in [2.24, 2.45) is 0 Å². The lowest BCUT2D eigenvalue weighted by molar-refractivity contribution is -0.128. The number of aromatic nitrogens is 1. The third-order valence-corrected chi connectivity index (χ3v) is 5.65. The Labute approximate surface area is 223 Å². The number of nitrogens with zero attached hydrogens (tertiary/aromatic N) is 2. The summed E-state index contributed by atoms with van der Waals surface area (Å²) in [7, 11) is 1.57. The lowest BCUT2D eigenvalue weighted by Crippen LogP contribution is -2.49. The summed E-state index contributed by atoms with van der Waals surface area (Å²) < 4.78 is 10.3. The van der Waals surface area contributed by atoms with Crippen molar-refractivity contribution in [1.82, 2.24) is 10.5 Å². The molecule has 0 saturated carbocycles. The van der Waals surface area contributed by atoms with Gasteiger partial charge in [0.25, 0.3) is 0 Å². The molecule has 0 saturated heterocycles. The summed E-state index contributed by atoms with van der Waals surface area (Å²) in [5.41, 5.74) is 2.55. The Bertz CT molecular complexity index is 1270. The molecular formula is C29H36N4O5. The Balaban J connectivity index is 2.00. The summed E-state index contributed by atoms with van der Waals surface area (Å²) in [4.78, 5) is 41.6. The van der Waals surface area contributed by atoms with E-state index in [-0.39, 0.29) is 36.4 Å². The topological polar surface area (TPSA) is 114 Å². The molecule has 0 radical (unpaired) electrons. The summed E-state index contributed by atoms with van der Waals surface area (Å²) >= 11 is 0. The zero-order chi connectivity index (χ0) is 28.0. The second kappa shape index (κ2) is 11.9. The van der Waals surface area contributed by atoms with Gasteiger partial charge in [-0.25, -0.2) is 0 Å². The molecule has 2 N–H and O–H groups in total. The molecule has 9 nitrogen and oxygen atoms in total. The number of benzene rings is 2. The molecule has 2 aromatic carbocycles. The highest BCUT2D eigenvalue weighted by Crippen LogP contribution is 2.32. The fraction of sp³-hybridized carbons (Fsp3) is 0.379. The maximum absolute atomic E-state index is 13.8. The van der Waals surface area contributed by atoms with Gasteiger partial charge in [-0.1, -0.05) is 23.4 Å². The predicted octanol–water partition coefficient (Wildman–Crippen LogP) is 5.02. The van der Waals surface area contributed by atoms with Crippen LogP contribution in [-0.4, -0.2) is 35.5 Å². The zero-order valence-corrected chi connectivity index (χ0v) is 23.0. The van der Waals surface area contributed by atoms with E-state index in [0.717, 1.165) is 11.1 Å². The van der Waals surface area contributed by atoms with Gasteiger partial charge >= 0.3 is 0 Å². The van der Waals surface area contributed by atoms with E-state index in [4.69, 9.17) is 9.26 Å². The lowest BCUT2D eigenvalue weighted by Gasteiger charge is -2.34. The molecule has 0 aliphatic rings. The Kier molecular flexibility index (Phi) is 8.93. The number of aryl methyl sites for hydroxylation is 3. The summed E-state index contributed by atoms with van der Waals surface area (Å²) in [6, 6.07) is 13.4. The van der Waals surface area contributed by atoms with E-state index in [1.807, 2.05) is 52.8 Å². The summed E-state index contributed by atoms with van der Waals surface area (Å²) in [5.74, 6) is 0.389. The normalized spacial score (nSPS) is 12.0. The van der Waals surface area contributed by atoms with Crippen LogP contribution in [0, 0.1) is 20.8 Å². The van der Waals surface area contributed by atoms with Crippen LogP contribution in [-0.2, 0) is 14.4 Å². The standard InChI is InChI=1S/C29H36N4O5/c1-18-14-19(2)16-22(15-18)33(26(35)13-12-25(34)30-24-17-20(3)38-32-24)27(28(36)31-29(4,5)6)21-8-10-23(37-7)11-9-21/h8-11,14-17,27H,12-13H2,1-7H3,(H,31,36)(H,30,32,34)/t27-/m0/s1. The van der Waals surface area contributed by atoms with Crippen LogP contribution in [0.5, 0.6) is 5.75 Å². The minimum absolute atomic E-state index is 0.0950. The van der Waals surface area contributed by atoms with Gasteiger partial charge in [0, 0.05) is 30.1 Å². The minimum atomic E-state index is -0.977. The van der Waals surface area contributed by atoms with E-state index in [2.05, 4.69) is 15.8 Å². The Morgan fingerprint density at radius 1 is 0.974 bits per heavy atom. The average molecular weight is 521 g/mol. The number of anilines is 2. The van der Waals surface area contributed by atoms with Crippen LogP contribution in [0.1, 0.15) is 62.1 Å². The fourth-order valence-corrected chi connectivity index (χ4v) is 4.14. The first kappa shape index (κ1) is 28.4. The molecule has 0 fully saturated rings. The van der Waals surface area contributed by atoms with Crippen molar-refractivity contribution in [3.05, 3.63) is 71.0 Å². The number of amides is 3. The molecule has 3 aromatic rings. The number of hydrogen-bond acceptors (Lipinski definition) is 6. The first-order valence-electron chi connectivity index (χ1n) is 12.5. The van der Waals surface area contributed by atoms with Gasteiger partial charge in [-0.05, 0) is 82.5 Å². The minimum Gasteiger partial charge on any atom is -0.497 e. The second-order valence-electron chi connectivity index (χ2n) is 10.4. The smallest absolute Gasteiger partial charge is 0.248 e. The van der Waals surface area contributed by atoms with Crippen molar-refractivity contribution in [3.8, 4) is 5.75 Å². The molecule has 202 valence electrons. The molecule has 3 rings (SSSR count). The first-order valence-corrected chi connectivity index (χ1v) is 12.5. The molecule has 1 aromatic heterocycles. The molecule has 3 amide bonds. The van der Waals surface area contributed by atoms with E-state index in [9.17, 15) is 14.4 Å². The van der Waals surface area contributed by atoms with Crippen molar-refractivity contribution in [2.45, 2.75) is 66.0 Å². The van der Waals surface area contributed by atoms with Crippen molar-refractivity contribution < 1.29 is 23.6 Å². The van der Waals surface area contributed by atoms with Gasteiger partial charge in [-0.15, -0.1) is 0 Å². The Hall–Kier alpha value is -4.14. The number of carbonyl (C=O) groups is 3. The van der Waals surface area contributed by atoms with Gasteiger partial charge in [0.05, 0.1) is 7.11 Å². The molecule has 38 heavy (non-hydrogen) atoms. The fourth-order valence-electron chi connectivity index (χ4n) is 4.14. The van der Waals surface area contributed by atoms with Gasteiger partial charge in [0.2, 0.25) is 17.7 Å².